The van der Waals surface area contributed by atoms with Gasteiger partial charge in [-0.15, -0.1) is 0 Å². The summed E-state index contributed by atoms with van der Waals surface area (Å²) in [4.78, 5) is 13.3. The van der Waals surface area contributed by atoms with E-state index < -0.39 is 22.0 Å². The van der Waals surface area contributed by atoms with Crippen molar-refractivity contribution in [1.29, 1.82) is 0 Å². The van der Waals surface area contributed by atoms with Gasteiger partial charge < -0.3 is 19.5 Å². The third-order valence-corrected chi connectivity index (χ3v) is 6.77. The number of amides is 1. The van der Waals surface area contributed by atoms with Crippen molar-refractivity contribution in [2.24, 2.45) is 0 Å². The van der Waals surface area contributed by atoms with E-state index in [0.29, 0.717) is 35.1 Å². The first-order valence-electron chi connectivity index (χ1n) is 11.1. The number of carbonyl (C=O) groups excluding carboxylic acids is 1. The molecule has 0 aliphatic rings. The SMILES string of the molecule is CCOc1ccc(S(=O)(=O)NC(Cc2ccccc2)C(=O)Nc2ccc(OC)c(OC)c2)cc1C. The first-order valence-corrected chi connectivity index (χ1v) is 12.6. The highest BCUT2D eigenvalue weighted by molar-refractivity contribution is 7.89. The van der Waals surface area contributed by atoms with Gasteiger partial charge in [0.15, 0.2) is 11.5 Å². The highest BCUT2D eigenvalue weighted by atomic mass is 32.2. The number of anilines is 1. The molecule has 0 fully saturated rings. The van der Waals surface area contributed by atoms with Crippen LogP contribution in [0.25, 0.3) is 0 Å². The van der Waals surface area contributed by atoms with Crippen LogP contribution in [0.5, 0.6) is 17.2 Å². The first kappa shape index (κ1) is 26.1. The van der Waals surface area contributed by atoms with Crippen molar-refractivity contribution in [1.82, 2.24) is 4.72 Å². The van der Waals surface area contributed by atoms with E-state index in [1.54, 1.807) is 31.2 Å². The Morgan fingerprint density at radius 3 is 2.23 bits per heavy atom. The average molecular weight is 499 g/mol. The predicted molar refractivity (Wildman–Crippen MR) is 135 cm³/mol. The molecule has 8 nitrogen and oxygen atoms in total. The van der Waals surface area contributed by atoms with E-state index >= 15 is 0 Å². The third-order valence-electron chi connectivity index (χ3n) is 5.30. The molecule has 0 radical (unpaired) electrons. The molecule has 0 aliphatic heterocycles. The lowest BCUT2D eigenvalue weighted by atomic mass is 10.1. The van der Waals surface area contributed by atoms with Crippen molar-refractivity contribution in [3.63, 3.8) is 0 Å². The Labute approximate surface area is 206 Å². The summed E-state index contributed by atoms with van der Waals surface area (Å²) in [7, 11) is -0.994. The summed E-state index contributed by atoms with van der Waals surface area (Å²) in [5, 5.41) is 2.78. The number of carbonyl (C=O) groups is 1. The minimum atomic E-state index is -4.01. The van der Waals surface area contributed by atoms with Gasteiger partial charge in [0.1, 0.15) is 11.8 Å². The molecule has 0 aliphatic carbocycles. The van der Waals surface area contributed by atoms with Gasteiger partial charge in [-0.3, -0.25) is 4.79 Å². The van der Waals surface area contributed by atoms with Crippen molar-refractivity contribution in [2.45, 2.75) is 31.2 Å². The predicted octanol–water partition coefficient (Wildman–Crippen LogP) is 3.94. The monoisotopic (exact) mass is 498 g/mol. The molecule has 3 aromatic carbocycles. The zero-order chi connectivity index (χ0) is 25.4. The number of methoxy groups -OCH3 is 2. The smallest absolute Gasteiger partial charge is 0.242 e. The topological polar surface area (TPSA) is 103 Å². The van der Waals surface area contributed by atoms with Crippen LogP contribution in [0.4, 0.5) is 5.69 Å². The Morgan fingerprint density at radius 1 is 0.914 bits per heavy atom. The Kier molecular flexibility index (Phi) is 8.73. The van der Waals surface area contributed by atoms with Crippen molar-refractivity contribution in [3.8, 4) is 17.2 Å². The number of rotatable bonds is 11. The molecule has 186 valence electrons. The number of sulfonamides is 1. The highest BCUT2D eigenvalue weighted by Gasteiger charge is 2.27. The Balaban J connectivity index is 1.88. The molecule has 2 N–H and O–H groups in total. The Hall–Kier alpha value is -3.56. The van der Waals surface area contributed by atoms with E-state index in [1.165, 1.54) is 26.4 Å². The minimum Gasteiger partial charge on any atom is -0.494 e. The molecular formula is C26H30N2O6S. The maximum Gasteiger partial charge on any atom is 0.242 e. The van der Waals surface area contributed by atoms with E-state index in [9.17, 15) is 13.2 Å². The fourth-order valence-electron chi connectivity index (χ4n) is 3.54. The molecule has 0 heterocycles. The van der Waals surface area contributed by atoms with Crippen LogP contribution in [0, 0.1) is 6.92 Å². The summed E-state index contributed by atoms with van der Waals surface area (Å²) in [6.45, 7) is 4.10. The summed E-state index contributed by atoms with van der Waals surface area (Å²) < 4.78 is 45.1. The van der Waals surface area contributed by atoms with Crippen LogP contribution in [0.2, 0.25) is 0 Å². The zero-order valence-electron chi connectivity index (χ0n) is 20.2. The molecule has 0 saturated carbocycles. The van der Waals surface area contributed by atoms with Crippen LogP contribution in [0.3, 0.4) is 0 Å². The van der Waals surface area contributed by atoms with E-state index in [0.717, 1.165) is 5.56 Å². The molecule has 1 atom stereocenters. The quantitative estimate of drug-likeness (QED) is 0.415. The van der Waals surface area contributed by atoms with E-state index in [-0.39, 0.29) is 11.3 Å². The van der Waals surface area contributed by atoms with E-state index in [4.69, 9.17) is 14.2 Å². The summed E-state index contributed by atoms with van der Waals surface area (Å²) in [5.41, 5.74) is 1.94. The second kappa shape index (κ2) is 11.7. The van der Waals surface area contributed by atoms with Crippen LogP contribution in [-0.2, 0) is 21.2 Å². The first-order chi connectivity index (χ1) is 16.8. The maximum absolute atomic E-state index is 13.3. The molecule has 3 rings (SSSR count). The number of aryl methyl sites for hydroxylation is 1. The van der Waals surface area contributed by atoms with Gasteiger partial charge in [-0.1, -0.05) is 30.3 Å². The molecule has 0 bridgehead atoms. The van der Waals surface area contributed by atoms with Gasteiger partial charge in [-0.05, 0) is 61.7 Å². The van der Waals surface area contributed by atoms with Gasteiger partial charge in [0, 0.05) is 11.8 Å². The molecule has 0 saturated heterocycles. The van der Waals surface area contributed by atoms with Crippen molar-refractivity contribution in [2.75, 3.05) is 26.1 Å². The van der Waals surface area contributed by atoms with Gasteiger partial charge in [0.05, 0.1) is 25.7 Å². The molecule has 0 spiro atoms. The van der Waals surface area contributed by atoms with Crippen LogP contribution in [0.1, 0.15) is 18.1 Å². The normalized spacial score (nSPS) is 12.0. The number of nitrogens with one attached hydrogen (secondary N) is 2. The standard InChI is InChI=1S/C26H30N2O6S/c1-5-34-23-14-12-21(15-18(23)2)35(30,31)28-22(16-19-9-7-6-8-10-19)26(29)27-20-11-13-24(32-3)25(17-20)33-4/h6-15,17,22,28H,5,16H2,1-4H3,(H,27,29). The molecular weight excluding hydrogens is 468 g/mol. The minimum absolute atomic E-state index is 0.0513. The van der Waals surface area contributed by atoms with Gasteiger partial charge in [-0.25, -0.2) is 8.42 Å². The lowest BCUT2D eigenvalue weighted by molar-refractivity contribution is -0.117. The maximum atomic E-state index is 13.3. The summed E-state index contributed by atoms with van der Waals surface area (Å²) in [5.74, 6) is 1.05. The number of hydrogen-bond acceptors (Lipinski definition) is 6. The van der Waals surface area contributed by atoms with E-state index in [2.05, 4.69) is 10.0 Å². The van der Waals surface area contributed by atoms with Crippen molar-refractivity contribution in [3.05, 3.63) is 77.9 Å². The van der Waals surface area contributed by atoms with Gasteiger partial charge in [0.25, 0.3) is 0 Å². The number of hydrogen-bond donors (Lipinski definition) is 2. The van der Waals surface area contributed by atoms with Gasteiger partial charge in [-0.2, -0.15) is 4.72 Å². The second-order valence-corrected chi connectivity index (χ2v) is 9.50. The molecule has 0 aromatic heterocycles. The molecule has 1 unspecified atom stereocenters. The van der Waals surface area contributed by atoms with Crippen LogP contribution < -0.4 is 24.2 Å². The highest BCUT2D eigenvalue weighted by Crippen LogP contribution is 2.30. The van der Waals surface area contributed by atoms with E-state index in [1.807, 2.05) is 37.3 Å². The van der Waals surface area contributed by atoms with Crippen molar-refractivity contribution >= 4 is 21.6 Å². The summed E-state index contributed by atoms with van der Waals surface area (Å²) in [6, 6.07) is 17.7. The number of benzene rings is 3. The lowest BCUT2D eigenvalue weighted by Gasteiger charge is -2.20. The average Bonchev–Trinajstić information content (AvgIpc) is 2.85. The van der Waals surface area contributed by atoms with Gasteiger partial charge >= 0.3 is 0 Å². The van der Waals surface area contributed by atoms with Crippen LogP contribution in [0.15, 0.2) is 71.6 Å². The second-order valence-electron chi connectivity index (χ2n) is 7.78. The lowest BCUT2D eigenvalue weighted by Crippen LogP contribution is -2.45. The van der Waals surface area contributed by atoms with Crippen LogP contribution in [-0.4, -0.2) is 41.2 Å². The molecule has 9 heteroatoms. The Morgan fingerprint density at radius 2 is 1.60 bits per heavy atom. The fraction of sp³-hybridized carbons (Fsp3) is 0.269. The summed E-state index contributed by atoms with van der Waals surface area (Å²) >= 11 is 0. The largest absolute Gasteiger partial charge is 0.494 e. The molecule has 3 aromatic rings. The zero-order valence-corrected chi connectivity index (χ0v) is 21.0. The molecule has 35 heavy (non-hydrogen) atoms. The summed E-state index contributed by atoms with van der Waals surface area (Å²) in [6.07, 6.45) is 0.162. The van der Waals surface area contributed by atoms with Crippen molar-refractivity contribution < 1.29 is 27.4 Å². The fourth-order valence-corrected chi connectivity index (χ4v) is 4.82. The van der Waals surface area contributed by atoms with Crippen LogP contribution >= 0.6 is 0 Å². The number of ether oxygens (including phenoxy) is 3. The third kappa shape index (κ3) is 6.74. The van der Waals surface area contributed by atoms with Gasteiger partial charge in [0.2, 0.25) is 15.9 Å². The Bertz CT molecular complexity index is 1260. The molecule has 1 amide bonds.